The first-order valence-corrected chi connectivity index (χ1v) is 10.8. The molecule has 0 unspecified atom stereocenters. The molecule has 0 atom stereocenters. The van der Waals surface area contributed by atoms with Crippen LogP contribution < -0.4 is 10.5 Å². The molecule has 1 heterocycles. The van der Waals surface area contributed by atoms with Gasteiger partial charge in [0.25, 0.3) is 0 Å². The molecule has 1 aliphatic heterocycles. The van der Waals surface area contributed by atoms with Crippen LogP contribution in [0.5, 0.6) is 5.75 Å². The van der Waals surface area contributed by atoms with Crippen LogP contribution in [-0.2, 0) is 14.8 Å². The fourth-order valence-corrected chi connectivity index (χ4v) is 4.78. The minimum Gasteiger partial charge on any atom is -0.426 e. The SMILES string of the molecule is CC(=O)c1cccc(S(=O)(=O)N2CCC(C(=O)Oc3cccc(C(N)=O)c3)CC2)c1. The van der Waals surface area contributed by atoms with Gasteiger partial charge in [0.1, 0.15) is 5.75 Å². The minimum atomic E-state index is -3.76. The van der Waals surface area contributed by atoms with E-state index in [2.05, 4.69) is 0 Å². The molecule has 0 radical (unpaired) electrons. The maximum Gasteiger partial charge on any atom is 0.314 e. The molecule has 1 saturated heterocycles. The number of Topliss-reactive ketones (excluding diaryl/α,β-unsaturated/α-hetero) is 1. The first-order chi connectivity index (χ1) is 14.2. The Morgan fingerprint density at radius 3 is 2.27 bits per heavy atom. The number of nitrogens with two attached hydrogens (primary N) is 1. The molecule has 0 saturated carbocycles. The summed E-state index contributed by atoms with van der Waals surface area (Å²) in [6, 6.07) is 11.9. The molecule has 0 spiro atoms. The van der Waals surface area contributed by atoms with Crippen LogP contribution in [0.1, 0.15) is 40.5 Å². The van der Waals surface area contributed by atoms with E-state index in [1.54, 1.807) is 18.2 Å². The summed E-state index contributed by atoms with van der Waals surface area (Å²) in [6.45, 7) is 1.70. The van der Waals surface area contributed by atoms with E-state index in [-0.39, 0.29) is 35.1 Å². The maximum atomic E-state index is 12.9. The topological polar surface area (TPSA) is 124 Å². The Morgan fingerprint density at radius 2 is 1.63 bits per heavy atom. The lowest BCUT2D eigenvalue weighted by molar-refractivity contribution is -0.140. The smallest absolute Gasteiger partial charge is 0.314 e. The molecule has 8 nitrogen and oxygen atoms in total. The monoisotopic (exact) mass is 430 g/mol. The maximum absolute atomic E-state index is 12.9. The van der Waals surface area contributed by atoms with Crippen molar-refractivity contribution in [3.05, 3.63) is 59.7 Å². The Bertz CT molecular complexity index is 1090. The van der Waals surface area contributed by atoms with Crippen molar-refractivity contribution in [2.45, 2.75) is 24.7 Å². The van der Waals surface area contributed by atoms with Crippen molar-refractivity contribution in [3.63, 3.8) is 0 Å². The van der Waals surface area contributed by atoms with Crippen LogP contribution in [0.15, 0.2) is 53.4 Å². The van der Waals surface area contributed by atoms with Crippen LogP contribution >= 0.6 is 0 Å². The number of ketones is 1. The Morgan fingerprint density at radius 1 is 1.00 bits per heavy atom. The highest BCUT2D eigenvalue weighted by Gasteiger charge is 2.33. The minimum absolute atomic E-state index is 0.0551. The van der Waals surface area contributed by atoms with E-state index in [1.807, 2.05) is 0 Å². The molecule has 2 aromatic rings. The predicted molar refractivity (Wildman–Crippen MR) is 109 cm³/mol. The highest BCUT2D eigenvalue weighted by atomic mass is 32.2. The number of carbonyl (C=O) groups excluding carboxylic acids is 3. The number of carbonyl (C=O) groups is 3. The third-order valence-corrected chi connectivity index (χ3v) is 6.90. The zero-order chi connectivity index (χ0) is 21.9. The second-order valence-corrected chi connectivity index (χ2v) is 9.01. The van der Waals surface area contributed by atoms with E-state index in [0.717, 1.165) is 0 Å². The molecule has 2 N–H and O–H groups in total. The Hall–Kier alpha value is -3.04. The lowest BCUT2D eigenvalue weighted by atomic mass is 9.98. The number of benzene rings is 2. The zero-order valence-corrected chi connectivity index (χ0v) is 17.2. The van der Waals surface area contributed by atoms with E-state index in [9.17, 15) is 22.8 Å². The molecule has 0 aromatic heterocycles. The number of hydrogen-bond donors (Lipinski definition) is 1. The summed E-state index contributed by atoms with van der Waals surface area (Å²) in [5.74, 6) is -1.56. The molecule has 0 aliphatic carbocycles. The normalized spacial score (nSPS) is 15.5. The van der Waals surface area contributed by atoms with E-state index in [1.165, 1.54) is 41.6 Å². The van der Waals surface area contributed by atoms with Crippen molar-refractivity contribution < 1.29 is 27.5 Å². The number of sulfonamides is 1. The summed E-state index contributed by atoms with van der Waals surface area (Å²) in [4.78, 5) is 35.3. The number of piperidine rings is 1. The summed E-state index contributed by atoms with van der Waals surface area (Å²) in [5.41, 5.74) is 5.78. The summed E-state index contributed by atoms with van der Waals surface area (Å²) in [6.07, 6.45) is 0.611. The molecule has 2 aromatic carbocycles. The van der Waals surface area contributed by atoms with Crippen LogP contribution in [0.2, 0.25) is 0 Å². The van der Waals surface area contributed by atoms with Gasteiger partial charge in [-0.1, -0.05) is 18.2 Å². The summed E-state index contributed by atoms with van der Waals surface area (Å²) < 4.78 is 32.4. The van der Waals surface area contributed by atoms with Crippen molar-refractivity contribution >= 4 is 27.7 Å². The molecular formula is C21H22N2O6S. The lowest BCUT2D eigenvalue weighted by Gasteiger charge is -2.30. The van der Waals surface area contributed by atoms with E-state index >= 15 is 0 Å². The van der Waals surface area contributed by atoms with Gasteiger partial charge in [-0.05, 0) is 50.1 Å². The van der Waals surface area contributed by atoms with Crippen molar-refractivity contribution in [1.82, 2.24) is 4.31 Å². The third-order valence-electron chi connectivity index (χ3n) is 5.00. The quantitative estimate of drug-likeness (QED) is 0.425. The lowest BCUT2D eigenvalue weighted by Crippen LogP contribution is -2.41. The molecule has 1 fully saturated rings. The average Bonchev–Trinajstić information content (AvgIpc) is 2.74. The Kier molecular flexibility index (Phi) is 6.33. The van der Waals surface area contributed by atoms with Gasteiger partial charge < -0.3 is 10.5 Å². The van der Waals surface area contributed by atoms with Crippen molar-refractivity contribution in [2.75, 3.05) is 13.1 Å². The van der Waals surface area contributed by atoms with Gasteiger partial charge in [0, 0.05) is 24.2 Å². The number of primary amides is 1. The highest BCUT2D eigenvalue weighted by molar-refractivity contribution is 7.89. The fourth-order valence-electron chi connectivity index (χ4n) is 3.27. The summed E-state index contributed by atoms with van der Waals surface area (Å²) >= 11 is 0. The first kappa shape index (κ1) is 21.7. The van der Waals surface area contributed by atoms with Crippen molar-refractivity contribution in [3.8, 4) is 5.75 Å². The summed E-state index contributed by atoms with van der Waals surface area (Å²) in [7, 11) is -3.76. The van der Waals surface area contributed by atoms with E-state index in [0.29, 0.717) is 18.4 Å². The van der Waals surface area contributed by atoms with Crippen molar-refractivity contribution in [1.29, 1.82) is 0 Å². The van der Waals surface area contributed by atoms with Gasteiger partial charge in [-0.2, -0.15) is 4.31 Å². The van der Waals surface area contributed by atoms with Gasteiger partial charge in [0.2, 0.25) is 15.9 Å². The number of nitrogens with zero attached hydrogens (tertiary/aromatic N) is 1. The number of hydrogen-bond acceptors (Lipinski definition) is 6. The predicted octanol–water partition coefficient (Wildman–Crippen LogP) is 1.99. The standard InChI is InChI=1S/C21H22N2O6S/c1-14(24)16-4-3-7-19(13-16)30(27,28)23-10-8-15(9-11-23)21(26)29-18-6-2-5-17(12-18)20(22)25/h2-7,12-13,15H,8-11H2,1H3,(H2,22,25). The molecular weight excluding hydrogens is 408 g/mol. The molecule has 30 heavy (non-hydrogen) atoms. The van der Waals surface area contributed by atoms with Gasteiger partial charge in [0.15, 0.2) is 5.78 Å². The number of esters is 1. The summed E-state index contributed by atoms with van der Waals surface area (Å²) in [5, 5.41) is 0. The second kappa shape index (κ2) is 8.76. The third kappa shape index (κ3) is 4.74. The van der Waals surface area contributed by atoms with Gasteiger partial charge in [-0.3, -0.25) is 14.4 Å². The fraction of sp³-hybridized carbons (Fsp3) is 0.286. The average molecular weight is 430 g/mol. The first-order valence-electron chi connectivity index (χ1n) is 9.41. The number of rotatable bonds is 6. The van der Waals surface area contributed by atoms with Gasteiger partial charge in [-0.15, -0.1) is 0 Å². The van der Waals surface area contributed by atoms with Gasteiger partial charge in [0.05, 0.1) is 10.8 Å². The van der Waals surface area contributed by atoms with Crippen molar-refractivity contribution in [2.24, 2.45) is 11.7 Å². The molecule has 158 valence electrons. The number of amides is 1. The zero-order valence-electron chi connectivity index (χ0n) is 16.4. The molecule has 0 bridgehead atoms. The van der Waals surface area contributed by atoms with E-state index in [4.69, 9.17) is 10.5 Å². The van der Waals surface area contributed by atoms with Gasteiger partial charge in [-0.25, -0.2) is 8.42 Å². The highest BCUT2D eigenvalue weighted by Crippen LogP contribution is 2.26. The molecule has 9 heteroatoms. The Balaban J connectivity index is 1.64. The van der Waals surface area contributed by atoms with Crippen LogP contribution in [0.3, 0.4) is 0 Å². The van der Waals surface area contributed by atoms with Crippen LogP contribution in [0, 0.1) is 5.92 Å². The van der Waals surface area contributed by atoms with Crippen LogP contribution in [0.25, 0.3) is 0 Å². The van der Waals surface area contributed by atoms with Crippen LogP contribution in [-0.4, -0.2) is 43.5 Å². The van der Waals surface area contributed by atoms with E-state index < -0.39 is 27.8 Å². The molecule has 1 amide bonds. The largest absolute Gasteiger partial charge is 0.426 e. The van der Waals surface area contributed by atoms with Crippen LogP contribution in [0.4, 0.5) is 0 Å². The number of ether oxygens (including phenoxy) is 1. The second-order valence-electron chi connectivity index (χ2n) is 7.08. The molecule has 3 rings (SSSR count). The Labute approximate surface area is 174 Å². The molecule has 1 aliphatic rings. The van der Waals surface area contributed by atoms with Gasteiger partial charge >= 0.3 is 5.97 Å².